The summed E-state index contributed by atoms with van der Waals surface area (Å²) in [5, 5.41) is 11.0. The van der Waals surface area contributed by atoms with E-state index >= 15 is 0 Å². The molecule has 1 aromatic carbocycles. The monoisotopic (exact) mass is 349 g/mol. The predicted octanol–water partition coefficient (Wildman–Crippen LogP) is 3.56. The Morgan fingerprint density at radius 1 is 1.25 bits per heavy atom. The molecule has 0 saturated heterocycles. The van der Waals surface area contributed by atoms with Crippen LogP contribution in [0.3, 0.4) is 0 Å². The van der Waals surface area contributed by atoms with Crippen LogP contribution in [-0.2, 0) is 9.59 Å². The fourth-order valence-electron chi connectivity index (χ4n) is 1.72. The van der Waals surface area contributed by atoms with Crippen molar-refractivity contribution in [2.75, 3.05) is 5.32 Å². The van der Waals surface area contributed by atoms with Crippen LogP contribution in [0.1, 0.15) is 26.7 Å². The molecule has 1 amide bonds. The number of hydrogen-bond donors (Lipinski definition) is 2. The van der Waals surface area contributed by atoms with Gasteiger partial charge in [0.1, 0.15) is 11.6 Å². The SMILES string of the molecule is CC(C)(CC(=O)O)CC(=O)Nc1cc(F)c(Br)cc1F. The molecule has 0 unspecified atom stereocenters. The van der Waals surface area contributed by atoms with Crippen molar-refractivity contribution in [1.29, 1.82) is 0 Å². The van der Waals surface area contributed by atoms with Gasteiger partial charge >= 0.3 is 5.97 Å². The van der Waals surface area contributed by atoms with Crippen molar-refractivity contribution in [2.45, 2.75) is 26.7 Å². The van der Waals surface area contributed by atoms with Crippen molar-refractivity contribution in [2.24, 2.45) is 5.41 Å². The highest BCUT2D eigenvalue weighted by Gasteiger charge is 2.25. The van der Waals surface area contributed by atoms with Crippen LogP contribution in [-0.4, -0.2) is 17.0 Å². The van der Waals surface area contributed by atoms with E-state index in [1.165, 1.54) is 0 Å². The van der Waals surface area contributed by atoms with Gasteiger partial charge in [-0.3, -0.25) is 9.59 Å². The number of aliphatic carboxylic acids is 1. The zero-order valence-corrected chi connectivity index (χ0v) is 12.6. The first-order chi connectivity index (χ1) is 9.10. The van der Waals surface area contributed by atoms with Gasteiger partial charge in [0.05, 0.1) is 16.6 Å². The van der Waals surface area contributed by atoms with Gasteiger partial charge in [0.15, 0.2) is 0 Å². The minimum atomic E-state index is -1.02. The molecule has 0 aromatic heterocycles. The topological polar surface area (TPSA) is 66.4 Å². The summed E-state index contributed by atoms with van der Waals surface area (Å²) in [5.74, 6) is -3.07. The lowest BCUT2D eigenvalue weighted by Gasteiger charge is -2.21. The van der Waals surface area contributed by atoms with Gasteiger partial charge in [-0.05, 0) is 27.4 Å². The third kappa shape index (κ3) is 4.88. The van der Waals surface area contributed by atoms with Crippen molar-refractivity contribution in [3.8, 4) is 0 Å². The number of rotatable bonds is 5. The van der Waals surface area contributed by atoms with Crippen molar-refractivity contribution in [1.82, 2.24) is 0 Å². The molecule has 0 bridgehead atoms. The van der Waals surface area contributed by atoms with Gasteiger partial charge in [-0.25, -0.2) is 8.78 Å². The van der Waals surface area contributed by atoms with E-state index in [-0.39, 0.29) is 23.0 Å². The second kappa shape index (κ2) is 6.30. The minimum Gasteiger partial charge on any atom is -0.481 e. The quantitative estimate of drug-likeness (QED) is 0.798. The van der Waals surface area contributed by atoms with Gasteiger partial charge < -0.3 is 10.4 Å². The second-order valence-corrected chi connectivity index (χ2v) is 6.06. The fourth-order valence-corrected chi connectivity index (χ4v) is 2.03. The van der Waals surface area contributed by atoms with Gasteiger partial charge in [0.25, 0.3) is 0 Å². The third-order valence-electron chi connectivity index (χ3n) is 2.55. The molecule has 0 aliphatic carbocycles. The van der Waals surface area contributed by atoms with Crippen LogP contribution < -0.4 is 5.32 Å². The van der Waals surface area contributed by atoms with Crippen molar-refractivity contribution in [3.05, 3.63) is 28.2 Å². The number of benzene rings is 1. The normalized spacial score (nSPS) is 11.2. The number of anilines is 1. The molecule has 20 heavy (non-hydrogen) atoms. The second-order valence-electron chi connectivity index (χ2n) is 5.21. The van der Waals surface area contributed by atoms with E-state index in [2.05, 4.69) is 21.2 Å². The molecular formula is C13H14BrF2NO3. The molecule has 0 aliphatic rings. The third-order valence-corrected chi connectivity index (χ3v) is 3.16. The van der Waals surface area contributed by atoms with E-state index in [4.69, 9.17) is 5.11 Å². The number of nitrogens with one attached hydrogen (secondary N) is 1. The Labute approximate surface area is 123 Å². The van der Waals surface area contributed by atoms with Crippen molar-refractivity contribution < 1.29 is 23.5 Å². The lowest BCUT2D eigenvalue weighted by atomic mass is 9.85. The summed E-state index contributed by atoms with van der Waals surface area (Å²) in [7, 11) is 0. The number of carboxylic acid groups (broad SMARTS) is 1. The van der Waals surface area contributed by atoms with Gasteiger partial charge in [0.2, 0.25) is 5.91 Å². The zero-order chi connectivity index (χ0) is 15.5. The minimum absolute atomic E-state index is 0.0424. The highest BCUT2D eigenvalue weighted by molar-refractivity contribution is 9.10. The molecule has 110 valence electrons. The lowest BCUT2D eigenvalue weighted by molar-refractivity contribution is -0.139. The Morgan fingerprint density at radius 3 is 2.40 bits per heavy atom. The maximum Gasteiger partial charge on any atom is 0.303 e. The maximum atomic E-state index is 13.5. The molecule has 4 nitrogen and oxygen atoms in total. The smallest absolute Gasteiger partial charge is 0.303 e. The van der Waals surface area contributed by atoms with Crippen LogP contribution >= 0.6 is 15.9 Å². The summed E-state index contributed by atoms with van der Waals surface area (Å²) in [6.07, 6.45) is -0.311. The molecule has 0 aliphatic heterocycles. The van der Waals surface area contributed by atoms with E-state index in [1.807, 2.05) is 0 Å². The van der Waals surface area contributed by atoms with Crippen LogP contribution in [0.25, 0.3) is 0 Å². The van der Waals surface area contributed by atoms with Gasteiger partial charge in [-0.2, -0.15) is 0 Å². The Morgan fingerprint density at radius 2 is 1.85 bits per heavy atom. The first-order valence-electron chi connectivity index (χ1n) is 5.77. The lowest BCUT2D eigenvalue weighted by Crippen LogP contribution is -2.25. The van der Waals surface area contributed by atoms with Crippen LogP contribution in [0.2, 0.25) is 0 Å². The Hall–Kier alpha value is -1.50. The summed E-state index contributed by atoms with van der Waals surface area (Å²) in [6, 6.07) is 1.77. The number of halogens is 3. The van der Waals surface area contributed by atoms with Crippen LogP contribution in [0.5, 0.6) is 0 Å². The van der Waals surface area contributed by atoms with Gasteiger partial charge in [-0.15, -0.1) is 0 Å². The average Bonchev–Trinajstić information content (AvgIpc) is 2.22. The largest absolute Gasteiger partial charge is 0.481 e. The Balaban J connectivity index is 2.77. The molecule has 0 radical (unpaired) electrons. The molecule has 1 rings (SSSR count). The molecule has 7 heteroatoms. The highest BCUT2D eigenvalue weighted by atomic mass is 79.9. The van der Waals surface area contributed by atoms with Crippen molar-refractivity contribution >= 4 is 33.5 Å². The van der Waals surface area contributed by atoms with E-state index in [0.29, 0.717) is 0 Å². The highest BCUT2D eigenvalue weighted by Crippen LogP contribution is 2.27. The van der Waals surface area contributed by atoms with Crippen molar-refractivity contribution in [3.63, 3.8) is 0 Å². The van der Waals surface area contributed by atoms with E-state index in [1.54, 1.807) is 13.8 Å². The number of carboxylic acids is 1. The summed E-state index contributed by atoms with van der Waals surface area (Å²) in [5.41, 5.74) is -1.05. The van der Waals surface area contributed by atoms with Gasteiger partial charge in [-0.1, -0.05) is 13.8 Å². The Kier molecular flexibility index (Phi) is 5.21. The molecule has 0 fully saturated rings. The van der Waals surface area contributed by atoms with Crippen LogP contribution in [0, 0.1) is 17.0 Å². The number of carbonyl (C=O) groups excluding carboxylic acids is 1. The average molecular weight is 350 g/mol. The van der Waals surface area contributed by atoms with Gasteiger partial charge in [0, 0.05) is 12.5 Å². The predicted molar refractivity (Wildman–Crippen MR) is 73.3 cm³/mol. The fraction of sp³-hybridized carbons (Fsp3) is 0.385. The zero-order valence-electron chi connectivity index (χ0n) is 11.0. The summed E-state index contributed by atoms with van der Waals surface area (Å²) in [6.45, 7) is 3.22. The van der Waals surface area contributed by atoms with E-state index < -0.39 is 28.9 Å². The number of hydrogen-bond acceptors (Lipinski definition) is 2. The first-order valence-corrected chi connectivity index (χ1v) is 6.56. The summed E-state index contributed by atoms with van der Waals surface area (Å²) >= 11 is 2.83. The number of carbonyl (C=O) groups is 2. The molecule has 1 aromatic rings. The molecule has 0 saturated carbocycles. The van der Waals surface area contributed by atoms with Crippen LogP contribution in [0.4, 0.5) is 14.5 Å². The molecule has 2 N–H and O–H groups in total. The number of amides is 1. The van der Waals surface area contributed by atoms with Crippen LogP contribution in [0.15, 0.2) is 16.6 Å². The summed E-state index contributed by atoms with van der Waals surface area (Å²) in [4.78, 5) is 22.4. The Bertz CT molecular complexity index is 547. The standard InChI is InChI=1S/C13H14BrF2NO3/c1-13(2,6-12(19)20)5-11(18)17-10-4-8(15)7(14)3-9(10)16/h3-4H,5-6H2,1-2H3,(H,17,18)(H,19,20). The van der Waals surface area contributed by atoms with E-state index in [9.17, 15) is 18.4 Å². The molecular weight excluding hydrogens is 336 g/mol. The molecule has 0 atom stereocenters. The summed E-state index contributed by atoms with van der Waals surface area (Å²) < 4.78 is 26.8. The molecule has 0 heterocycles. The first kappa shape index (κ1) is 16.6. The molecule has 0 spiro atoms. The van der Waals surface area contributed by atoms with E-state index in [0.717, 1.165) is 12.1 Å². The maximum absolute atomic E-state index is 13.5.